The molecule has 1 fully saturated rings. The van der Waals surface area contributed by atoms with E-state index in [-0.39, 0.29) is 6.61 Å². The van der Waals surface area contributed by atoms with Crippen molar-refractivity contribution in [2.24, 2.45) is 0 Å². The lowest BCUT2D eigenvalue weighted by Gasteiger charge is -2.14. The predicted octanol–water partition coefficient (Wildman–Crippen LogP) is 3.29. The minimum Gasteiger partial charge on any atom is -0.493 e. The molecule has 1 saturated heterocycles. The highest BCUT2D eigenvalue weighted by Crippen LogP contribution is 2.36. The molecule has 0 spiro atoms. The lowest BCUT2D eigenvalue weighted by atomic mass is 10.1. The average molecular weight is 345 g/mol. The van der Waals surface area contributed by atoms with Crippen LogP contribution < -0.4 is 9.47 Å². The zero-order chi connectivity index (χ0) is 14.4. The van der Waals surface area contributed by atoms with Crippen molar-refractivity contribution in [3.05, 3.63) is 22.2 Å². The van der Waals surface area contributed by atoms with Gasteiger partial charge in [-0.1, -0.05) is 0 Å². The maximum absolute atomic E-state index is 9.18. The third-order valence-corrected chi connectivity index (χ3v) is 4.00. The second-order valence-corrected chi connectivity index (χ2v) is 5.75. The zero-order valence-electron chi connectivity index (χ0n) is 11.7. The molecular formula is C15H21BrO4. The summed E-state index contributed by atoms with van der Waals surface area (Å²) in [7, 11) is 1.60. The van der Waals surface area contributed by atoms with Crippen molar-refractivity contribution in [2.75, 3.05) is 20.3 Å². The number of ether oxygens (including phenoxy) is 3. The molecule has 0 bridgehead atoms. The van der Waals surface area contributed by atoms with Gasteiger partial charge in [0.15, 0.2) is 11.5 Å². The van der Waals surface area contributed by atoms with Crippen molar-refractivity contribution in [1.29, 1.82) is 0 Å². The van der Waals surface area contributed by atoms with Crippen molar-refractivity contribution < 1.29 is 19.3 Å². The van der Waals surface area contributed by atoms with Gasteiger partial charge in [0.1, 0.15) is 0 Å². The number of hydrogen-bond donors (Lipinski definition) is 1. The van der Waals surface area contributed by atoms with Gasteiger partial charge in [0.25, 0.3) is 0 Å². The third-order valence-electron chi connectivity index (χ3n) is 3.41. The van der Waals surface area contributed by atoms with Crippen LogP contribution in [0.1, 0.15) is 31.2 Å². The van der Waals surface area contributed by atoms with Crippen molar-refractivity contribution in [1.82, 2.24) is 0 Å². The lowest BCUT2D eigenvalue weighted by Crippen LogP contribution is -2.08. The van der Waals surface area contributed by atoms with E-state index in [1.54, 1.807) is 13.2 Å². The quantitative estimate of drug-likeness (QED) is 0.771. The van der Waals surface area contributed by atoms with E-state index < -0.39 is 0 Å². The Labute approximate surface area is 128 Å². The third kappa shape index (κ3) is 4.11. The topological polar surface area (TPSA) is 47.9 Å². The molecule has 4 nitrogen and oxygen atoms in total. The summed E-state index contributed by atoms with van der Waals surface area (Å²) in [6, 6.07) is 3.64. The molecule has 0 saturated carbocycles. The molecule has 20 heavy (non-hydrogen) atoms. The Hall–Kier alpha value is -0.780. The van der Waals surface area contributed by atoms with Gasteiger partial charge in [-0.15, -0.1) is 0 Å². The summed E-state index contributed by atoms with van der Waals surface area (Å²) in [6.45, 7) is 1.51. The molecule has 1 aromatic carbocycles. The fraction of sp³-hybridized carbons (Fsp3) is 0.600. The van der Waals surface area contributed by atoms with Gasteiger partial charge in [0.05, 0.1) is 30.9 Å². The minimum atomic E-state index is -0.0196. The number of hydrogen-bond acceptors (Lipinski definition) is 4. The Morgan fingerprint density at radius 1 is 1.45 bits per heavy atom. The van der Waals surface area contributed by atoms with Crippen LogP contribution >= 0.6 is 15.9 Å². The van der Waals surface area contributed by atoms with Crippen LogP contribution in [0, 0.1) is 0 Å². The summed E-state index contributed by atoms with van der Waals surface area (Å²) in [5, 5.41) is 9.18. The fourth-order valence-electron chi connectivity index (χ4n) is 2.36. The fourth-order valence-corrected chi connectivity index (χ4v) is 2.97. The van der Waals surface area contributed by atoms with Gasteiger partial charge in [-0.25, -0.2) is 0 Å². The summed E-state index contributed by atoms with van der Waals surface area (Å²) in [5.74, 6) is 1.33. The predicted molar refractivity (Wildman–Crippen MR) is 80.3 cm³/mol. The first-order valence-corrected chi connectivity index (χ1v) is 7.75. The van der Waals surface area contributed by atoms with E-state index in [9.17, 15) is 5.11 Å². The molecule has 0 radical (unpaired) electrons. The molecule has 1 unspecified atom stereocenters. The van der Waals surface area contributed by atoms with Crippen LogP contribution in [-0.4, -0.2) is 31.5 Å². The average Bonchev–Trinajstić information content (AvgIpc) is 2.97. The van der Waals surface area contributed by atoms with Gasteiger partial charge < -0.3 is 19.3 Å². The standard InChI is InChI=1S/C15H21BrO4/c1-18-14-9-11(10-17)8-13(16)15(14)20-7-3-5-12-4-2-6-19-12/h8-9,12,17H,2-7,10H2,1H3. The summed E-state index contributed by atoms with van der Waals surface area (Å²) in [4.78, 5) is 0. The Morgan fingerprint density at radius 2 is 2.30 bits per heavy atom. The first-order valence-electron chi connectivity index (χ1n) is 6.96. The van der Waals surface area contributed by atoms with Crippen LogP contribution in [0.3, 0.4) is 0 Å². The van der Waals surface area contributed by atoms with Crippen LogP contribution in [-0.2, 0) is 11.3 Å². The molecule has 2 rings (SSSR count). The van der Waals surface area contributed by atoms with Crippen LogP contribution in [0.25, 0.3) is 0 Å². The van der Waals surface area contributed by atoms with Crippen molar-refractivity contribution >= 4 is 15.9 Å². The van der Waals surface area contributed by atoms with Crippen LogP contribution in [0.5, 0.6) is 11.5 Å². The molecule has 5 heteroatoms. The van der Waals surface area contributed by atoms with Gasteiger partial charge in [0.2, 0.25) is 0 Å². The lowest BCUT2D eigenvalue weighted by molar-refractivity contribution is 0.0979. The van der Waals surface area contributed by atoms with Crippen molar-refractivity contribution in [3.63, 3.8) is 0 Å². The van der Waals surface area contributed by atoms with E-state index in [0.29, 0.717) is 24.2 Å². The molecule has 1 aromatic rings. The first-order chi connectivity index (χ1) is 9.74. The number of methoxy groups -OCH3 is 1. The van der Waals surface area contributed by atoms with E-state index in [1.165, 1.54) is 6.42 Å². The molecule has 1 atom stereocenters. The molecule has 1 heterocycles. The van der Waals surface area contributed by atoms with Crippen molar-refractivity contribution in [2.45, 2.75) is 38.4 Å². The molecular weight excluding hydrogens is 324 g/mol. The van der Waals surface area contributed by atoms with Gasteiger partial charge in [-0.2, -0.15) is 0 Å². The van der Waals surface area contributed by atoms with E-state index in [2.05, 4.69) is 15.9 Å². The number of rotatable bonds is 7. The first kappa shape index (κ1) is 15.6. The highest BCUT2D eigenvalue weighted by Gasteiger charge is 2.15. The molecule has 0 aromatic heterocycles. The van der Waals surface area contributed by atoms with E-state index in [4.69, 9.17) is 14.2 Å². The number of aliphatic hydroxyl groups excluding tert-OH is 1. The highest BCUT2D eigenvalue weighted by atomic mass is 79.9. The van der Waals surface area contributed by atoms with Gasteiger partial charge in [-0.05, 0) is 59.3 Å². The SMILES string of the molecule is COc1cc(CO)cc(Br)c1OCCCC1CCCO1. The zero-order valence-corrected chi connectivity index (χ0v) is 13.3. The number of halogens is 1. The molecule has 112 valence electrons. The van der Waals surface area contributed by atoms with Crippen LogP contribution in [0.4, 0.5) is 0 Å². The smallest absolute Gasteiger partial charge is 0.175 e. The van der Waals surface area contributed by atoms with Gasteiger partial charge in [0, 0.05) is 6.61 Å². The summed E-state index contributed by atoms with van der Waals surface area (Å²) in [5.41, 5.74) is 0.792. The van der Waals surface area contributed by atoms with E-state index in [1.807, 2.05) is 6.07 Å². The molecule has 0 amide bonds. The number of aliphatic hydroxyl groups is 1. The summed E-state index contributed by atoms with van der Waals surface area (Å²) in [6.07, 6.45) is 4.74. The Kier molecular flexibility index (Phi) is 6.13. The summed E-state index contributed by atoms with van der Waals surface area (Å²) >= 11 is 3.46. The Morgan fingerprint density at radius 3 is 2.95 bits per heavy atom. The molecule has 1 aliphatic rings. The minimum absolute atomic E-state index is 0.0196. The molecule has 1 N–H and O–H groups in total. The Bertz CT molecular complexity index is 430. The molecule has 0 aliphatic carbocycles. The van der Waals surface area contributed by atoms with Crippen LogP contribution in [0.2, 0.25) is 0 Å². The van der Waals surface area contributed by atoms with Gasteiger partial charge in [-0.3, -0.25) is 0 Å². The second-order valence-electron chi connectivity index (χ2n) is 4.89. The van der Waals surface area contributed by atoms with E-state index >= 15 is 0 Å². The number of benzene rings is 1. The maximum atomic E-state index is 9.18. The van der Waals surface area contributed by atoms with Gasteiger partial charge >= 0.3 is 0 Å². The van der Waals surface area contributed by atoms with E-state index in [0.717, 1.165) is 35.9 Å². The highest BCUT2D eigenvalue weighted by molar-refractivity contribution is 9.10. The largest absolute Gasteiger partial charge is 0.493 e. The normalized spacial score (nSPS) is 18.2. The van der Waals surface area contributed by atoms with Crippen molar-refractivity contribution in [3.8, 4) is 11.5 Å². The maximum Gasteiger partial charge on any atom is 0.175 e. The Balaban J connectivity index is 1.87. The summed E-state index contributed by atoms with van der Waals surface area (Å²) < 4.78 is 17.5. The molecule has 1 aliphatic heterocycles. The monoisotopic (exact) mass is 344 g/mol. The van der Waals surface area contributed by atoms with Crippen LogP contribution in [0.15, 0.2) is 16.6 Å². The second kappa shape index (κ2) is 7.86.